The fraction of sp³-hybridized carbons (Fsp3) is 0.304. The van der Waals surface area contributed by atoms with Gasteiger partial charge in [0.05, 0.1) is 13.2 Å². The number of hydrogen-bond acceptors (Lipinski definition) is 4. The van der Waals surface area contributed by atoms with Crippen molar-refractivity contribution in [1.29, 1.82) is 0 Å². The minimum atomic E-state index is -0.408. The highest BCUT2D eigenvalue weighted by Gasteiger charge is 2.14. The summed E-state index contributed by atoms with van der Waals surface area (Å²) >= 11 is 5.92. The average molecular weight is 431 g/mol. The SMILES string of the molecule is CCCCOc1ccc(C(=O)NC(=Cc2ccc(Cl)cc2)C(=O)NCCOC)cc1. The van der Waals surface area contributed by atoms with Crippen molar-refractivity contribution in [2.45, 2.75) is 19.8 Å². The molecule has 0 fully saturated rings. The van der Waals surface area contributed by atoms with Gasteiger partial charge in [0, 0.05) is 24.2 Å². The zero-order chi connectivity index (χ0) is 21.8. The van der Waals surface area contributed by atoms with E-state index < -0.39 is 11.8 Å². The van der Waals surface area contributed by atoms with Crippen molar-refractivity contribution in [2.24, 2.45) is 0 Å². The first kappa shape index (κ1) is 23.4. The lowest BCUT2D eigenvalue weighted by Gasteiger charge is -2.12. The van der Waals surface area contributed by atoms with Crippen molar-refractivity contribution in [3.8, 4) is 5.75 Å². The van der Waals surface area contributed by atoms with Crippen LogP contribution >= 0.6 is 11.6 Å². The minimum Gasteiger partial charge on any atom is -0.494 e. The van der Waals surface area contributed by atoms with E-state index in [9.17, 15) is 9.59 Å². The standard InChI is InChI=1S/C23H27ClN2O4/c1-3-4-14-30-20-11-7-18(8-12-20)22(27)26-21(23(28)25-13-15-29-2)16-17-5-9-19(24)10-6-17/h5-12,16H,3-4,13-15H2,1-2H3,(H,25,28)(H,26,27). The molecule has 2 amide bonds. The molecule has 0 saturated heterocycles. The van der Waals surface area contributed by atoms with E-state index in [4.69, 9.17) is 21.1 Å². The summed E-state index contributed by atoms with van der Waals surface area (Å²) < 4.78 is 10.6. The molecule has 0 aliphatic carbocycles. The fourth-order valence-electron chi connectivity index (χ4n) is 2.48. The molecule has 30 heavy (non-hydrogen) atoms. The first-order valence-electron chi connectivity index (χ1n) is 9.82. The molecule has 0 saturated carbocycles. The van der Waals surface area contributed by atoms with Gasteiger partial charge in [0.15, 0.2) is 0 Å². The number of rotatable bonds is 11. The minimum absolute atomic E-state index is 0.127. The van der Waals surface area contributed by atoms with Crippen molar-refractivity contribution in [1.82, 2.24) is 10.6 Å². The van der Waals surface area contributed by atoms with Gasteiger partial charge < -0.3 is 20.1 Å². The molecule has 0 heterocycles. The van der Waals surface area contributed by atoms with Crippen LogP contribution in [0, 0.1) is 0 Å². The number of nitrogens with one attached hydrogen (secondary N) is 2. The lowest BCUT2D eigenvalue weighted by atomic mass is 10.1. The van der Waals surface area contributed by atoms with E-state index in [-0.39, 0.29) is 5.70 Å². The maximum Gasteiger partial charge on any atom is 0.267 e. The lowest BCUT2D eigenvalue weighted by molar-refractivity contribution is -0.117. The number of carbonyl (C=O) groups excluding carboxylic acids is 2. The van der Waals surface area contributed by atoms with E-state index in [0.29, 0.717) is 36.1 Å². The normalized spacial score (nSPS) is 11.1. The highest BCUT2D eigenvalue weighted by Crippen LogP contribution is 2.15. The van der Waals surface area contributed by atoms with Crippen LogP contribution in [0.1, 0.15) is 35.7 Å². The molecule has 7 heteroatoms. The molecular weight excluding hydrogens is 404 g/mol. The molecular formula is C23H27ClN2O4. The average Bonchev–Trinajstić information content (AvgIpc) is 2.75. The summed E-state index contributed by atoms with van der Waals surface area (Å²) in [6.07, 6.45) is 3.62. The number of halogens is 1. The largest absolute Gasteiger partial charge is 0.494 e. The number of ether oxygens (including phenoxy) is 2. The first-order chi connectivity index (χ1) is 14.5. The van der Waals surface area contributed by atoms with Crippen LogP contribution in [0.3, 0.4) is 0 Å². The van der Waals surface area contributed by atoms with Gasteiger partial charge >= 0.3 is 0 Å². The molecule has 2 aromatic rings. The van der Waals surface area contributed by atoms with E-state index >= 15 is 0 Å². The first-order valence-corrected chi connectivity index (χ1v) is 10.2. The Kier molecular flexibility index (Phi) is 9.91. The molecule has 0 radical (unpaired) electrons. The zero-order valence-electron chi connectivity index (χ0n) is 17.2. The third-order valence-electron chi connectivity index (χ3n) is 4.15. The number of carbonyl (C=O) groups is 2. The second-order valence-corrected chi connectivity index (χ2v) is 6.98. The molecule has 0 aromatic heterocycles. The Morgan fingerprint density at radius 2 is 1.73 bits per heavy atom. The summed E-state index contributed by atoms with van der Waals surface area (Å²) in [5.41, 5.74) is 1.28. The summed E-state index contributed by atoms with van der Waals surface area (Å²) in [6.45, 7) is 3.43. The van der Waals surface area contributed by atoms with Gasteiger partial charge in [-0.3, -0.25) is 9.59 Å². The van der Waals surface area contributed by atoms with Crippen LogP contribution in [0.2, 0.25) is 5.02 Å². The van der Waals surface area contributed by atoms with Crippen molar-refractivity contribution in [2.75, 3.05) is 26.9 Å². The lowest BCUT2D eigenvalue weighted by Crippen LogP contribution is -2.36. The summed E-state index contributed by atoms with van der Waals surface area (Å²) in [5, 5.41) is 5.99. The number of hydrogen-bond donors (Lipinski definition) is 2. The monoisotopic (exact) mass is 430 g/mol. The second-order valence-electron chi connectivity index (χ2n) is 6.54. The summed E-state index contributed by atoms with van der Waals surface area (Å²) in [5.74, 6) is -0.0960. The van der Waals surface area contributed by atoms with Crippen LogP contribution in [0.4, 0.5) is 0 Å². The highest BCUT2D eigenvalue weighted by atomic mass is 35.5. The van der Waals surface area contributed by atoms with Crippen molar-refractivity contribution >= 4 is 29.5 Å². The molecule has 0 aliphatic heterocycles. The smallest absolute Gasteiger partial charge is 0.267 e. The number of methoxy groups -OCH3 is 1. The number of benzene rings is 2. The van der Waals surface area contributed by atoms with Crippen LogP contribution in [0.15, 0.2) is 54.2 Å². The molecule has 2 aromatic carbocycles. The van der Waals surface area contributed by atoms with Crippen LogP contribution < -0.4 is 15.4 Å². The molecule has 0 atom stereocenters. The van der Waals surface area contributed by atoms with E-state index in [2.05, 4.69) is 17.6 Å². The van der Waals surface area contributed by atoms with E-state index in [1.54, 1.807) is 61.7 Å². The Bertz CT molecular complexity index is 849. The summed E-state index contributed by atoms with van der Waals surface area (Å²) in [7, 11) is 1.55. The molecule has 0 unspecified atom stereocenters. The second kappa shape index (κ2) is 12.7. The van der Waals surface area contributed by atoms with Gasteiger partial charge in [-0.2, -0.15) is 0 Å². The van der Waals surface area contributed by atoms with Crippen LogP contribution in [-0.4, -0.2) is 38.7 Å². The zero-order valence-corrected chi connectivity index (χ0v) is 18.0. The van der Waals surface area contributed by atoms with Crippen LogP contribution in [0.5, 0.6) is 5.75 Å². The van der Waals surface area contributed by atoms with E-state index in [0.717, 1.165) is 18.4 Å². The Labute approximate surface area is 182 Å². The van der Waals surface area contributed by atoms with Gasteiger partial charge in [0.2, 0.25) is 0 Å². The molecule has 0 aliphatic rings. The van der Waals surface area contributed by atoms with Crippen molar-refractivity contribution < 1.29 is 19.1 Å². The topological polar surface area (TPSA) is 76.7 Å². The Balaban J connectivity index is 2.12. The van der Waals surface area contributed by atoms with Gasteiger partial charge in [-0.1, -0.05) is 37.1 Å². The molecule has 2 N–H and O–H groups in total. The molecule has 6 nitrogen and oxygen atoms in total. The number of unbranched alkanes of at least 4 members (excludes halogenated alkanes) is 1. The van der Waals surface area contributed by atoms with Crippen molar-refractivity contribution in [3.05, 3.63) is 70.4 Å². The Morgan fingerprint density at radius 1 is 1.03 bits per heavy atom. The highest BCUT2D eigenvalue weighted by molar-refractivity contribution is 6.30. The van der Waals surface area contributed by atoms with Gasteiger partial charge in [-0.25, -0.2) is 0 Å². The van der Waals surface area contributed by atoms with Crippen LogP contribution in [0.25, 0.3) is 6.08 Å². The van der Waals surface area contributed by atoms with Gasteiger partial charge in [-0.05, 0) is 54.5 Å². The van der Waals surface area contributed by atoms with Crippen molar-refractivity contribution in [3.63, 3.8) is 0 Å². The summed E-state index contributed by atoms with van der Waals surface area (Å²) in [6, 6.07) is 13.8. The molecule has 160 valence electrons. The molecule has 0 bridgehead atoms. The van der Waals surface area contributed by atoms with Gasteiger partial charge in [0.25, 0.3) is 11.8 Å². The molecule has 0 spiro atoms. The van der Waals surface area contributed by atoms with Gasteiger partial charge in [-0.15, -0.1) is 0 Å². The predicted molar refractivity (Wildman–Crippen MR) is 119 cm³/mol. The van der Waals surface area contributed by atoms with Crippen LogP contribution in [-0.2, 0) is 9.53 Å². The third kappa shape index (κ3) is 7.89. The molecule has 2 rings (SSSR count). The maximum absolute atomic E-state index is 12.7. The Hall–Kier alpha value is -2.83. The van der Waals surface area contributed by atoms with E-state index in [1.165, 1.54) is 0 Å². The third-order valence-corrected chi connectivity index (χ3v) is 4.40. The number of amides is 2. The Morgan fingerprint density at radius 3 is 2.37 bits per heavy atom. The maximum atomic E-state index is 12.7. The van der Waals surface area contributed by atoms with Gasteiger partial charge in [0.1, 0.15) is 11.4 Å². The fourth-order valence-corrected chi connectivity index (χ4v) is 2.60. The predicted octanol–water partition coefficient (Wildman–Crippen LogP) is 4.05. The van der Waals surface area contributed by atoms with E-state index in [1.807, 2.05) is 0 Å². The summed E-state index contributed by atoms with van der Waals surface area (Å²) in [4.78, 5) is 25.2. The quantitative estimate of drug-likeness (QED) is 0.416.